The molecule has 0 aliphatic carbocycles. The average Bonchev–Trinajstić information content (AvgIpc) is 2.93. The van der Waals surface area contributed by atoms with Gasteiger partial charge in [0, 0.05) is 34.6 Å². The molecular formula is C16H23N3OS. The third-order valence-electron chi connectivity index (χ3n) is 3.08. The minimum atomic E-state index is 0.149. The second kappa shape index (κ2) is 7.31. The molecule has 0 saturated carbocycles. The van der Waals surface area contributed by atoms with E-state index in [1.165, 1.54) is 4.88 Å². The molecule has 0 aliphatic heterocycles. The first-order valence-electron chi connectivity index (χ1n) is 7.36. The van der Waals surface area contributed by atoms with Crippen LogP contribution in [0, 0.1) is 0 Å². The Balaban J connectivity index is 2.08. The van der Waals surface area contributed by atoms with Crippen molar-refractivity contribution in [3.8, 4) is 5.75 Å². The van der Waals surface area contributed by atoms with Gasteiger partial charge in [0.05, 0.1) is 12.6 Å². The Bertz CT molecular complexity index is 583. The van der Waals surface area contributed by atoms with Gasteiger partial charge in [0.1, 0.15) is 10.8 Å². The van der Waals surface area contributed by atoms with Crippen molar-refractivity contribution >= 4 is 22.7 Å². The average molecular weight is 305 g/mol. The third kappa shape index (κ3) is 4.36. The van der Waals surface area contributed by atoms with Gasteiger partial charge in [0.15, 0.2) is 0 Å². The molecule has 1 unspecified atom stereocenters. The number of nitrogens with two attached hydrogens (primary N) is 1. The molecule has 1 atom stereocenters. The number of thiazole rings is 1. The van der Waals surface area contributed by atoms with Crippen molar-refractivity contribution in [2.24, 2.45) is 0 Å². The van der Waals surface area contributed by atoms with Crippen molar-refractivity contribution in [1.82, 2.24) is 4.98 Å². The zero-order valence-electron chi connectivity index (χ0n) is 12.8. The Kier molecular flexibility index (Phi) is 5.44. The predicted octanol–water partition coefficient (Wildman–Crippen LogP) is 4.25. The van der Waals surface area contributed by atoms with E-state index in [-0.39, 0.29) is 6.04 Å². The van der Waals surface area contributed by atoms with Crippen LogP contribution in [0.25, 0.3) is 0 Å². The third-order valence-corrected chi connectivity index (χ3v) is 4.40. The zero-order chi connectivity index (χ0) is 15.2. The summed E-state index contributed by atoms with van der Waals surface area (Å²) in [4.78, 5) is 5.77. The van der Waals surface area contributed by atoms with E-state index in [0.29, 0.717) is 12.3 Å². The fourth-order valence-electron chi connectivity index (χ4n) is 2.01. The van der Waals surface area contributed by atoms with Crippen molar-refractivity contribution in [3.05, 3.63) is 34.3 Å². The van der Waals surface area contributed by atoms with Gasteiger partial charge in [-0.1, -0.05) is 13.8 Å². The summed E-state index contributed by atoms with van der Waals surface area (Å²) in [6.07, 6.45) is 3.96. The van der Waals surface area contributed by atoms with Gasteiger partial charge in [0.2, 0.25) is 0 Å². The van der Waals surface area contributed by atoms with Crippen LogP contribution in [0.3, 0.4) is 0 Å². The summed E-state index contributed by atoms with van der Waals surface area (Å²) in [6, 6.07) is 5.90. The summed E-state index contributed by atoms with van der Waals surface area (Å²) in [5.41, 5.74) is 7.60. The van der Waals surface area contributed by atoms with Crippen LogP contribution >= 0.6 is 11.3 Å². The number of ether oxygens (including phenoxy) is 1. The second-order valence-corrected chi connectivity index (χ2v) is 6.17. The van der Waals surface area contributed by atoms with E-state index in [2.05, 4.69) is 31.1 Å². The van der Waals surface area contributed by atoms with Crippen LogP contribution in [0.1, 0.15) is 43.1 Å². The smallest absolute Gasteiger partial charge is 0.123 e. The molecule has 1 heterocycles. The summed E-state index contributed by atoms with van der Waals surface area (Å²) < 4.78 is 5.65. The lowest BCUT2D eigenvalue weighted by Gasteiger charge is -2.15. The highest BCUT2D eigenvalue weighted by Gasteiger charge is 2.11. The van der Waals surface area contributed by atoms with Crippen LogP contribution in [0.4, 0.5) is 11.4 Å². The van der Waals surface area contributed by atoms with E-state index in [1.807, 2.05) is 24.4 Å². The maximum absolute atomic E-state index is 5.94. The Morgan fingerprint density at radius 3 is 2.81 bits per heavy atom. The first-order valence-corrected chi connectivity index (χ1v) is 8.18. The fourth-order valence-corrected chi connectivity index (χ4v) is 2.87. The number of nitrogen functional groups attached to an aromatic ring is 1. The van der Waals surface area contributed by atoms with Crippen molar-refractivity contribution in [2.45, 2.75) is 39.7 Å². The number of anilines is 2. The molecule has 4 nitrogen and oxygen atoms in total. The van der Waals surface area contributed by atoms with Crippen molar-refractivity contribution in [3.63, 3.8) is 0 Å². The van der Waals surface area contributed by atoms with E-state index in [9.17, 15) is 0 Å². The molecule has 0 aliphatic rings. The van der Waals surface area contributed by atoms with Gasteiger partial charge in [-0.25, -0.2) is 4.98 Å². The molecule has 0 fully saturated rings. The van der Waals surface area contributed by atoms with Crippen LogP contribution < -0.4 is 15.8 Å². The van der Waals surface area contributed by atoms with E-state index >= 15 is 0 Å². The molecular weight excluding hydrogens is 282 g/mol. The maximum Gasteiger partial charge on any atom is 0.123 e. The van der Waals surface area contributed by atoms with Crippen LogP contribution in [0.2, 0.25) is 0 Å². The number of hydrogen-bond donors (Lipinski definition) is 2. The number of aryl methyl sites for hydroxylation is 1. The van der Waals surface area contributed by atoms with Crippen LogP contribution in [-0.4, -0.2) is 11.6 Å². The van der Waals surface area contributed by atoms with E-state index in [1.54, 1.807) is 11.3 Å². The summed E-state index contributed by atoms with van der Waals surface area (Å²) in [6.45, 7) is 7.03. The van der Waals surface area contributed by atoms with E-state index < -0.39 is 0 Å². The molecule has 0 spiro atoms. The molecule has 1 aromatic carbocycles. The molecule has 5 heteroatoms. The highest BCUT2D eigenvalue weighted by Crippen LogP contribution is 2.28. The van der Waals surface area contributed by atoms with Crippen LogP contribution in [-0.2, 0) is 6.42 Å². The highest BCUT2D eigenvalue weighted by molar-refractivity contribution is 7.11. The first-order chi connectivity index (χ1) is 10.1. The lowest BCUT2D eigenvalue weighted by Crippen LogP contribution is -2.07. The molecule has 2 rings (SSSR count). The monoisotopic (exact) mass is 305 g/mol. The normalized spacial score (nSPS) is 12.1. The van der Waals surface area contributed by atoms with Gasteiger partial charge in [-0.3, -0.25) is 0 Å². The molecule has 0 amide bonds. The number of nitrogens with zero attached hydrogens (tertiary/aromatic N) is 1. The molecule has 21 heavy (non-hydrogen) atoms. The molecule has 0 bridgehead atoms. The number of nitrogens with one attached hydrogen (secondary N) is 1. The second-order valence-electron chi connectivity index (χ2n) is 5.02. The lowest BCUT2D eigenvalue weighted by atomic mass is 10.2. The summed E-state index contributed by atoms with van der Waals surface area (Å²) in [5, 5.41) is 4.53. The SMILES string of the molecule is CCCOc1cc(N)cc(NC(C)c2ncc(CC)s2)c1. The van der Waals surface area contributed by atoms with Gasteiger partial charge in [-0.15, -0.1) is 11.3 Å². The van der Waals surface area contributed by atoms with Crippen molar-refractivity contribution in [2.75, 3.05) is 17.7 Å². The minimum absolute atomic E-state index is 0.149. The quantitative estimate of drug-likeness (QED) is 0.751. The minimum Gasteiger partial charge on any atom is -0.493 e. The number of rotatable bonds is 7. The largest absolute Gasteiger partial charge is 0.493 e. The van der Waals surface area contributed by atoms with Gasteiger partial charge >= 0.3 is 0 Å². The molecule has 3 N–H and O–H groups in total. The molecule has 0 radical (unpaired) electrons. The van der Waals surface area contributed by atoms with Gasteiger partial charge in [-0.05, 0) is 25.8 Å². The Hall–Kier alpha value is -1.75. The fraction of sp³-hybridized carbons (Fsp3) is 0.438. The highest BCUT2D eigenvalue weighted by atomic mass is 32.1. The maximum atomic E-state index is 5.94. The summed E-state index contributed by atoms with van der Waals surface area (Å²) in [7, 11) is 0. The topological polar surface area (TPSA) is 60.2 Å². The summed E-state index contributed by atoms with van der Waals surface area (Å²) in [5.74, 6) is 0.805. The first kappa shape index (κ1) is 15.6. The van der Waals surface area contributed by atoms with Crippen molar-refractivity contribution in [1.29, 1.82) is 0 Å². The summed E-state index contributed by atoms with van der Waals surface area (Å²) >= 11 is 1.75. The van der Waals surface area contributed by atoms with Gasteiger partial charge in [-0.2, -0.15) is 0 Å². The number of aromatic nitrogens is 1. The number of hydrogen-bond acceptors (Lipinski definition) is 5. The number of benzene rings is 1. The van der Waals surface area contributed by atoms with Crippen LogP contribution in [0.15, 0.2) is 24.4 Å². The predicted molar refractivity (Wildman–Crippen MR) is 90.2 cm³/mol. The Labute approximate surface area is 130 Å². The molecule has 2 aromatic rings. The molecule has 1 aromatic heterocycles. The van der Waals surface area contributed by atoms with Gasteiger partial charge < -0.3 is 15.8 Å². The van der Waals surface area contributed by atoms with Crippen LogP contribution in [0.5, 0.6) is 5.75 Å². The van der Waals surface area contributed by atoms with E-state index in [4.69, 9.17) is 10.5 Å². The zero-order valence-corrected chi connectivity index (χ0v) is 13.7. The Morgan fingerprint density at radius 2 is 2.14 bits per heavy atom. The lowest BCUT2D eigenvalue weighted by molar-refractivity contribution is 0.318. The van der Waals surface area contributed by atoms with E-state index in [0.717, 1.165) is 29.3 Å². The standard InChI is InChI=1S/C16H23N3OS/c1-4-6-20-14-8-12(17)7-13(9-14)19-11(3)16-18-10-15(5-2)21-16/h7-11,19H,4-6,17H2,1-3H3. The van der Waals surface area contributed by atoms with Gasteiger partial charge in [0.25, 0.3) is 0 Å². The molecule has 0 saturated heterocycles. The van der Waals surface area contributed by atoms with Crippen molar-refractivity contribution < 1.29 is 4.74 Å². The Morgan fingerprint density at radius 1 is 1.33 bits per heavy atom. The molecule has 114 valence electrons.